The predicted octanol–water partition coefficient (Wildman–Crippen LogP) is 1.52. The van der Waals surface area contributed by atoms with E-state index in [1.165, 1.54) is 11.3 Å². The molecule has 1 N–H and O–H groups in total. The van der Waals surface area contributed by atoms with Crippen LogP contribution < -0.4 is 5.32 Å². The Kier molecular flexibility index (Phi) is 3.88. The maximum Gasteiger partial charge on any atom is 0.247 e. The molecule has 0 atom stereocenters. The molecular formula is C13H17N7OS. The van der Waals surface area contributed by atoms with Crippen molar-refractivity contribution >= 4 is 33.4 Å². The number of fused-ring (bicyclic) bond motifs is 1. The number of hydrogen-bond donors (Lipinski definition) is 1. The number of nitrogens with zero attached hydrogens (tertiary/aromatic N) is 6. The summed E-state index contributed by atoms with van der Waals surface area (Å²) in [7, 11) is 1.86. The number of amides is 1. The first-order chi connectivity index (χ1) is 10.6. The summed E-state index contributed by atoms with van der Waals surface area (Å²) in [5.41, 5.74) is 2.64. The number of anilines is 1. The van der Waals surface area contributed by atoms with Crippen LogP contribution in [0.2, 0.25) is 0 Å². The summed E-state index contributed by atoms with van der Waals surface area (Å²) in [5, 5.41) is 20.8. The fourth-order valence-electron chi connectivity index (χ4n) is 2.34. The maximum atomic E-state index is 12.1. The summed E-state index contributed by atoms with van der Waals surface area (Å²) in [6.07, 6.45) is 3.60. The van der Waals surface area contributed by atoms with Crippen LogP contribution in [0.1, 0.15) is 24.0 Å². The van der Waals surface area contributed by atoms with Crippen molar-refractivity contribution in [3.8, 4) is 0 Å². The van der Waals surface area contributed by atoms with Gasteiger partial charge in [0.2, 0.25) is 11.0 Å². The minimum atomic E-state index is -0.174. The molecule has 0 fully saturated rings. The van der Waals surface area contributed by atoms with Crippen molar-refractivity contribution in [3.63, 3.8) is 0 Å². The lowest BCUT2D eigenvalue weighted by Crippen LogP contribution is -2.19. The lowest BCUT2D eigenvalue weighted by Gasteiger charge is -2.02. The van der Waals surface area contributed by atoms with Gasteiger partial charge in [0.1, 0.15) is 22.6 Å². The summed E-state index contributed by atoms with van der Waals surface area (Å²) in [5.74, 6) is -0.174. The number of carbonyl (C=O) groups excluding carboxylic acids is 1. The van der Waals surface area contributed by atoms with Crippen LogP contribution in [0.4, 0.5) is 5.13 Å². The van der Waals surface area contributed by atoms with Gasteiger partial charge in [-0.2, -0.15) is 10.2 Å². The quantitative estimate of drug-likeness (QED) is 0.770. The summed E-state index contributed by atoms with van der Waals surface area (Å²) >= 11 is 1.41. The first-order valence-corrected chi connectivity index (χ1v) is 7.87. The second-order valence-electron chi connectivity index (χ2n) is 5.04. The Morgan fingerprint density at radius 1 is 1.41 bits per heavy atom. The van der Waals surface area contributed by atoms with Crippen LogP contribution in [0.25, 0.3) is 11.0 Å². The average molecular weight is 319 g/mol. The highest BCUT2D eigenvalue weighted by Crippen LogP contribution is 2.18. The Morgan fingerprint density at radius 2 is 2.23 bits per heavy atom. The second kappa shape index (κ2) is 5.84. The molecule has 3 heterocycles. The van der Waals surface area contributed by atoms with E-state index in [1.54, 1.807) is 15.6 Å². The molecule has 116 valence electrons. The lowest BCUT2D eigenvalue weighted by molar-refractivity contribution is -0.116. The molecule has 0 aliphatic heterocycles. The third-order valence-electron chi connectivity index (χ3n) is 3.28. The van der Waals surface area contributed by atoms with Gasteiger partial charge in [-0.25, -0.2) is 0 Å². The smallest absolute Gasteiger partial charge is 0.247 e. The van der Waals surface area contributed by atoms with Gasteiger partial charge in [0.05, 0.1) is 11.9 Å². The van der Waals surface area contributed by atoms with Gasteiger partial charge in [0.25, 0.3) is 0 Å². The van der Waals surface area contributed by atoms with Crippen molar-refractivity contribution in [2.45, 2.75) is 33.2 Å². The summed E-state index contributed by atoms with van der Waals surface area (Å²) in [6.45, 7) is 4.11. The molecule has 0 aliphatic carbocycles. The van der Waals surface area contributed by atoms with Crippen LogP contribution in [0.3, 0.4) is 0 Å². The molecule has 3 aromatic heterocycles. The van der Waals surface area contributed by atoms with E-state index in [4.69, 9.17) is 0 Å². The zero-order valence-electron chi connectivity index (χ0n) is 12.7. The molecule has 0 aliphatic rings. The average Bonchev–Trinajstić information content (AvgIpc) is 3.12. The molecule has 0 saturated heterocycles. The molecule has 0 bridgehead atoms. The van der Waals surface area contributed by atoms with E-state index in [-0.39, 0.29) is 12.5 Å². The van der Waals surface area contributed by atoms with Gasteiger partial charge in [0, 0.05) is 13.5 Å². The minimum Gasteiger partial charge on any atom is -0.299 e. The third-order valence-corrected chi connectivity index (χ3v) is 4.18. The van der Waals surface area contributed by atoms with Crippen LogP contribution in [0.5, 0.6) is 0 Å². The lowest BCUT2D eigenvalue weighted by atomic mass is 10.4. The molecule has 22 heavy (non-hydrogen) atoms. The molecule has 0 saturated carbocycles. The molecule has 0 aromatic carbocycles. The Hall–Kier alpha value is -2.29. The van der Waals surface area contributed by atoms with E-state index in [1.807, 2.05) is 14.0 Å². The number of aryl methyl sites for hydroxylation is 3. The van der Waals surface area contributed by atoms with Crippen LogP contribution in [0.15, 0.2) is 6.20 Å². The predicted molar refractivity (Wildman–Crippen MR) is 83.8 cm³/mol. The van der Waals surface area contributed by atoms with Gasteiger partial charge >= 0.3 is 0 Å². The molecule has 3 aromatic rings. The zero-order chi connectivity index (χ0) is 15.7. The third kappa shape index (κ3) is 2.71. The van der Waals surface area contributed by atoms with E-state index in [9.17, 15) is 4.79 Å². The monoisotopic (exact) mass is 319 g/mol. The van der Waals surface area contributed by atoms with E-state index in [0.717, 1.165) is 34.6 Å². The molecule has 1 amide bonds. The molecule has 9 heteroatoms. The largest absolute Gasteiger partial charge is 0.299 e. The Labute approximate surface area is 131 Å². The fraction of sp³-hybridized carbons (Fsp3) is 0.462. The second-order valence-corrected chi connectivity index (χ2v) is 6.11. The van der Waals surface area contributed by atoms with Gasteiger partial charge in [-0.1, -0.05) is 18.3 Å². The van der Waals surface area contributed by atoms with Crippen LogP contribution in [-0.2, 0) is 24.8 Å². The SMILES string of the molecule is CCCc1nnc(NC(=O)Cn2ncc3c2c(C)nn3C)s1. The van der Waals surface area contributed by atoms with E-state index < -0.39 is 0 Å². The molecule has 0 unspecified atom stereocenters. The number of rotatable bonds is 5. The molecule has 0 spiro atoms. The summed E-state index contributed by atoms with van der Waals surface area (Å²) in [4.78, 5) is 12.1. The Bertz CT molecular complexity index is 816. The molecular weight excluding hydrogens is 302 g/mol. The number of nitrogens with one attached hydrogen (secondary N) is 1. The fourth-order valence-corrected chi connectivity index (χ4v) is 3.20. The van der Waals surface area contributed by atoms with E-state index in [2.05, 4.69) is 32.6 Å². The highest BCUT2D eigenvalue weighted by molar-refractivity contribution is 7.15. The molecule has 0 radical (unpaired) electrons. The number of hydrogen-bond acceptors (Lipinski definition) is 6. The minimum absolute atomic E-state index is 0.124. The maximum absolute atomic E-state index is 12.1. The summed E-state index contributed by atoms with van der Waals surface area (Å²) in [6, 6.07) is 0. The van der Waals surface area contributed by atoms with Crippen molar-refractivity contribution in [2.75, 3.05) is 5.32 Å². The first kappa shape index (κ1) is 14.6. The normalized spacial score (nSPS) is 11.2. The van der Waals surface area contributed by atoms with Crippen LogP contribution in [-0.4, -0.2) is 35.7 Å². The summed E-state index contributed by atoms with van der Waals surface area (Å²) < 4.78 is 3.41. The highest BCUT2D eigenvalue weighted by Gasteiger charge is 2.15. The van der Waals surface area contributed by atoms with Crippen molar-refractivity contribution in [1.29, 1.82) is 0 Å². The molecule has 8 nitrogen and oxygen atoms in total. The van der Waals surface area contributed by atoms with E-state index in [0.29, 0.717) is 5.13 Å². The molecule has 3 rings (SSSR count). The van der Waals surface area contributed by atoms with Crippen LogP contribution in [0, 0.1) is 6.92 Å². The number of aromatic nitrogens is 6. The van der Waals surface area contributed by atoms with Gasteiger partial charge in [-0.15, -0.1) is 10.2 Å². The van der Waals surface area contributed by atoms with Gasteiger partial charge in [-0.3, -0.25) is 19.5 Å². The van der Waals surface area contributed by atoms with E-state index >= 15 is 0 Å². The van der Waals surface area contributed by atoms with Crippen molar-refractivity contribution in [2.24, 2.45) is 7.05 Å². The topological polar surface area (TPSA) is 90.5 Å². The zero-order valence-corrected chi connectivity index (χ0v) is 13.5. The van der Waals surface area contributed by atoms with Crippen molar-refractivity contribution < 1.29 is 4.79 Å². The van der Waals surface area contributed by atoms with Crippen molar-refractivity contribution in [1.82, 2.24) is 29.8 Å². The Balaban J connectivity index is 1.72. The van der Waals surface area contributed by atoms with Gasteiger partial charge < -0.3 is 0 Å². The van der Waals surface area contributed by atoms with Crippen LogP contribution >= 0.6 is 11.3 Å². The standard InChI is InChI=1S/C13H17N7OS/c1-4-5-11-16-17-13(22-11)15-10(21)7-20-12-8(2)18-19(3)9(12)6-14-20/h6H,4-5,7H2,1-3H3,(H,15,17,21). The highest BCUT2D eigenvalue weighted by atomic mass is 32.1. The first-order valence-electron chi connectivity index (χ1n) is 7.05. The van der Waals surface area contributed by atoms with Gasteiger partial charge in [0.15, 0.2) is 0 Å². The van der Waals surface area contributed by atoms with Gasteiger partial charge in [-0.05, 0) is 13.3 Å². The number of carbonyl (C=O) groups is 1. The van der Waals surface area contributed by atoms with Crippen molar-refractivity contribution in [3.05, 3.63) is 16.9 Å². The Morgan fingerprint density at radius 3 is 3.00 bits per heavy atom.